The molecule has 31 heavy (non-hydrogen) atoms. The van der Waals surface area contributed by atoms with E-state index >= 15 is 0 Å². The minimum atomic E-state index is -0.977. The van der Waals surface area contributed by atoms with Crippen LogP contribution >= 0.6 is 0 Å². The van der Waals surface area contributed by atoms with E-state index in [0.29, 0.717) is 17.8 Å². The number of guanidine groups is 1. The second-order valence-electron chi connectivity index (χ2n) is 7.96. The van der Waals surface area contributed by atoms with Crippen molar-refractivity contribution in [2.45, 2.75) is 32.8 Å². The number of amides is 3. The summed E-state index contributed by atoms with van der Waals surface area (Å²) in [7, 11) is 0. The van der Waals surface area contributed by atoms with Crippen molar-refractivity contribution in [3.63, 3.8) is 0 Å². The van der Waals surface area contributed by atoms with E-state index in [1.165, 1.54) is 9.80 Å². The van der Waals surface area contributed by atoms with Gasteiger partial charge in [-0.15, -0.1) is 0 Å². The molecule has 0 radical (unpaired) electrons. The minimum Gasteiger partial charge on any atom is -0.481 e. The van der Waals surface area contributed by atoms with Crippen molar-refractivity contribution in [2.24, 2.45) is 0 Å². The molecule has 0 saturated carbocycles. The molecule has 1 aliphatic rings. The normalized spacial score (nSPS) is 14.1. The number of piperazine rings is 1. The van der Waals surface area contributed by atoms with Gasteiger partial charge in [-0.25, -0.2) is 4.79 Å². The third kappa shape index (κ3) is 7.61. The fourth-order valence-electron chi connectivity index (χ4n) is 2.81. The van der Waals surface area contributed by atoms with Crippen molar-refractivity contribution in [3.8, 4) is 0 Å². The molecule has 11 nitrogen and oxygen atoms in total. The van der Waals surface area contributed by atoms with Gasteiger partial charge < -0.3 is 25.0 Å². The van der Waals surface area contributed by atoms with Crippen LogP contribution in [0.3, 0.4) is 0 Å². The summed E-state index contributed by atoms with van der Waals surface area (Å²) in [6.45, 7) is 5.75. The molecular weight excluding hydrogens is 406 g/mol. The summed E-state index contributed by atoms with van der Waals surface area (Å²) in [5.74, 6) is -1.87. The first-order valence-corrected chi connectivity index (χ1v) is 9.69. The maximum absolute atomic E-state index is 12.7. The summed E-state index contributed by atoms with van der Waals surface area (Å²) in [5, 5.41) is 21.5. The molecule has 2 rings (SSSR count). The second-order valence-corrected chi connectivity index (χ2v) is 7.96. The monoisotopic (exact) mass is 433 g/mol. The summed E-state index contributed by atoms with van der Waals surface area (Å²) < 4.78 is 5.07. The van der Waals surface area contributed by atoms with Crippen LogP contribution in [-0.2, 0) is 14.3 Å². The molecule has 0 aromatic heterocycles. The standard InChI is InChI=1S/C20H27N5O6/c1-20(2,3)31-19(30)23-18(21)22-14-6-4-13(5-7-14)17(29)25-11-10-24(15(26)12-25)9-8-16(27)28/h4-7H,8-12H2,1-3H3,(H,27,28)(H3,21,22,23,30). The van der Waals surface area contributed by atoms with E-state index in [9.17, 15) is 19.2 Å². The number of ether oxygens (including phenoxy) is 1. The van der Waals surface area contributed by atoms with Crippen LogP contribution in [0.25, 0.3) is 0 Å². The summed E-state index contributed by atoms with van der Waals surface area (Å²) in [5.41, 5.74) is 0.159. The SMILES string of the molecule is CC(C)(C)OC(=O)NC(=N)Nc1ccc(C(=O)N2CCN(CCC(=O)O)C(=O)C2)cc1. The Bertz CT molecular complexity index is 862. The summed E-state index contributed by atoms with van der Waals surface area (Å²) >= 11 is 0. The summed E-state index contributed by atoms with van der Waals surface area (Å²) in [6.07, 6.45) is -0.893. The van der Waals surface area contributed by atoms with Crippen LogP contribution in [-0.4, -0.2) is 76.5 Å². The van der Waals surface area contributed by atoms with Gasteiger partial charge in [0.1, 0.15) is 12.1 Å². The number of nitrogens with zero attached hydrogens (tertiary/aromatic N) is 2. The predicted octanol–water partition coefficient (Wildman–Crippen LogP) is 1.32. The topological polar surface area (TPSA) is 152 Å². The number of carbonyl (C=O) groups excluding carboxylic acids is 3. The molecule has 1 fully saturated rings. The quantitative estimate of drug-likeness (QED) is 0.403. The smallest absolute Gasteiger partial charge is 0.414 e. The fraction of sp³-hybridized carbons (Fsp3) is 0.450. The Morgan fingerprint density at radius 3 is 2.35 bits per heavy atom. The zero-order valence-corrected chi connectivity index (χ0v) is 17.7. The van der Waals surface area contributed by atoms with E-state index in [4.69, 9.17) is 15.3 Å². The van der Waals surface area contributed by atoms with E-state index < -0.39 is 17.7 Å². The van der Waals surface area contributed by atoms with Crippen LogP contribution in [0.15, 0.2) is 24.3 Å². The highest BCUT2D eigenvalue weighted by molar-refractivity contribution is 6.01. The Morgan fingerprint density at radius 1 is 1.16 bits per heavy atom. The number of hydrogen-bond acceptors (Lipinski definition) is 6. The number of anilines is 1. The maximum atomic E-state index is 12.7. The van der Waals surface area contributed by atoms with Gasteiger partial charge in [0.05, 0.1) is 6.42 Å². The van der Waals surface area contributed by atoms with Crippen molar-refractivity contribution >= 4 is 35.5 Å². The molecule has 168 valence electrons. The van der Waals surface area contributed by atoms with Gasteiger partial charge in [0, 0.05) is 30.9 Å². The first-order valence-electron chi connectivity index (χ1n) is 9.69. The second kappa shape index (κ2) is 9.92. The molecule has 0 atom stereocenters. The number of nitrogens with one attached hydrogen (secondary N) is 3. The van der Waals surface area contributed by atoms with Crippen molar-refractivity contribution in [1.82, 2.24) is 15.1 Å². The number of rotatable bonds is 5. The lowest BCUT2D eigenvalue weighted by Crippen LogP contribution is -2.52. The minimum absolute atomic E-state index is 0.108. The van der Waals surface area contributed by atoms with Crippen molar-refractivity contribution in [3.05, 3.63) is 29.8 Å². The van der Waals surface area contributed by atoms with Gasteiger partial charge in [-0.2, -0.15) is 0 Å². The summed E-state index contributed by atoms with van der Waals surface area (Å²) in [4.78, 5) is 50.0. The van der Waals surface area contributed by atoms with E-state index in [1.807, 2.05) is 0 Å². The van der Waals surface area contributed by atoms with E-state index in [1.54, 1.807) is 45.0 Å². The van der Waals surface area contributed by atoms with Gasteiger partial charge in [-0.3, -0.25) is 25.1 Å². The van der Waals surface area contributed by atoms with Crippen molar-refractivity contribution < 1.29 is 29.0 Å². The Labute approximate surface area is 179 Å². The van der Waals surface area contributed by atoms with E-state index in [0.717, 1.165) is 0 Å². The number of aliphatic carboxylic acids is 1. The van der Waals surface area contributed by atoms with Crippen LogP contribution in [0.5, 0.6) is 0 Å². The highest BCUT2D eigenvalue weighted by atomic mass is 16.6. The average Bonchev–Trinajstić information content (AvgIpc) is 2.65. The van der Waals surface area contributed by atoms with Crippen LogP contribution in [0.2, 0.25) is 0 Å². The lowest BCUT2D eigenvalue weighted by molar-refractivity contribution is -0.139. The molecule has 0 spiro atoms. The molecule has 0 aliphatic carbocycles. The molecule has 11 heteroatoms. The molecular formula is C20H27N5O6. The lowest BCUT2D eigenvalue weighted by atomic mass is 10.1. The number of benzene rings is 1. The molecule has 0 bridgehead atoms. The molecule has 1 aromatic rings. The Kier molecular flexibility index (Phi) is 7.56. The Morgan fingerprint density at radius 2 is 1.81 bits per heavy atom. The number of hydrogen-bond donors (Lipinski definition) is 4. The molecule has 1 aromatic carbocycles. The van der Waals surface area contributed by atoms with Crippen LogP contribution in [0.1, 0.15) is 37.6 Å². The average molecular weight is 433 g/mol. The van der Waals surface area contributed by atoms with Crippen LogP contribution < -0.4 is 10.6 Å². The van der Waals surface area contributed by atoms with Gasteiger partial charge in [0.25, 0.3) is 5.91 Å². The fourth-order valence-corrected chi connectivity index (χ4v) is 2.81. The lowest BCUT2D eigenvalue weighted by Gasteiger charge is -2.34. The predicted molar refractivity (Wildman–Crippen MR) is 112 cm³/mol. The van der Waals surface area contributed by atoms with Crippen molar-refractivity contribution in [2.75, 3.05) is 31.5 Å². The molecule has 0 unspecified atom stereocenters. The van der Waals surface area contributed by atoms with Crippen molar-refractivity contribution in [1.29, 1.82) is 5.41 Å². The number of alkyl carbamates (subject to hydrolysis) is 1. The number of carbonyl (C=O) groups is 4. The highest BCUT2D eigenvalue weighted by Crippen LogP contribution is 2.14. The zero-order chi connectivity index (χ0) is 23.2. The Balaban J connectivity index is 1.88. The third-order valence-corrected chi connectivity index (χ3v) is 4.23. The van der Waals surface area contributed by atoms with Crippen LogP contribution in [0.4, 0.5) is 10.5 Å². The Hall–Kier alpha value is -3.63. The first kappa shape index (κ1) is 23.6. The summed E-state index contributed by atoms with van der Waals surface area (Å²) in [6, 6.07) is 6.24. The largest absolute Gasteiger partial charge is 0.481 e. The van der Waals surface area contributed by atoms with Gasteiger partial charge in [0.15, 0.2) is 0 Å². The zero-order valence-electron chi connectivity index (χ0n) is 17.7. The van der Waals surface area contributed by atoms with E-state index in [-0.39, 0.29) is 43.8 Å². The molecule has 4 N–H and O–H groups in total. The molecule has 1 saturated heterocycles. The molecule has 3 amide bonds. The number of carboxylic acids is 1. The van der Waals surface area contributed by atoms with E-state index in [2.05, 4.69) is 10.6 Å². The van der Waals surface area contributed by atoms with Gasteiger partial charge in [-0.1, -0.05) is 0 Å². The van der Waals surface area contributed by atoms with Gasteiger partial charge >= 0.3 is 12.1 Å². The molecule has 1 heterocycles. The number of carboxylic acid groups (broad SMARTS) is 1. The maximum Gasteiger partial charge on any atom is 0.414 e. The third-order valence-electron chi connectivity index (χ3n) is 4.23. The van der Waals surface area contributed by atoms with Gasteiger partial charge in [0.2, 0.25) is 11.9 Å². The highest BCUT2D eigenvalue weighted by Gasteiger charge is 2.27. The first-order chi connectivity index (χ1) is 14.4. The molecule has 1 aliphatic heterocycles. The van der Waals surface area contributed by atoms with Crippen LogP contribution in [0, 0.1) is 5.41 Å². The van der Waals surface area contributed by atoms with Gasteiger partial charge in [-0.05, 0) is 45.0 Å².